The average molecular weight is 449 g/mol. The molecule has 4 heteroatoms. The maximum absolute atomic E-state index is 5.14. The van der Waals surface area contributed by atoms with Gasteiger partial charge in [0.1, 0.15) is 8.07 Å². The molecule has 0 saturated heterocycles. The molecule has 0 N–H and O–H groups in total. The molecular formula is C28H24N2SSi. The zero-order valence-corrected chi connectivity index (χ0v) is 20.3. The minimum atomic E-state index is -1.64. The third-order valence-electron chi connectivity index (χ3n) is 6.58. The molecule has 3 aromatic carbocycles. The second-order valence-corrected chi connectivity index (χ2v) is 14.6. The van der Waals surface area contributed by atoms with Gasteiger partial charge in [-0.05, 0) is 58.8 Å². The van der Waals surface area contributed by atoms with Crippen molar-refractivity contribution in [3.8, 4) is 38.8 Å². The van der Waals surface area contributed by atoms with E-state index in [1.165, 1.54) is 36.8 Å². The summed E-state index contributed by atoms with van der Waals surface area (Å²) in [6, 6.07) is 30.8. The van der Waals surface area contributed by atoms with E-state index in [1.54, 1.807) is 11.3 Å². The summed E-state index contributed by atoms with van der Waals surface area (Å²) in [5, 5.41) is 3.07. The number of nitrogens with zero attached hydrogens (tertiary/aromatic N) is 2. The van der Waals surface area contributed by atoms with Crippen LogP contribution < -0.4 is 10.4 Å². The molecule has 0 fully saturated rings. The van der Waals surface area contributed by atoms with Crippen LogP contribution in [-0.2, 0) is 0 Å². The molecule has 156 valence electrons. The fourth-order valence-electron chi connectivity index (χ4n) is 4.91. The lowest BCUT2D eigenvalue weighted by Gasteiger charge is -2.18. The van der Waals surface area contributed by atoms with Crippen molar-refractivity contribution in [2.75, 3.05) is 0 Å². The van der Waals surface area contributed by atoms with Gasteiger partial charge in [0, 0.05) is 22.3 Å². The molecule has 0 atom stereocenters. The Bertz CT molecular complexity index is 1460. The lowest BCUT2D eigenvalue weighted by Crippen LogP contribution is -2.49. The molecule has 0 saturated carbocycles. The highest BCUT2D eigenvalue weighted by molar-refractivity contribution is 7.15. The maximum Gasteiger partial charge on any atom is 0.155 e. The van der Waals surface area contributed by atoms with Crippen LogP contribution in [0.15, 0.2) is 91.1 Å². The minimum absolute atomic E-state index is 1.000. The Hall–Kier alpha value is -3.21. The molecule has 0 bridgehead atoms. The number of hydrogen-bond acceptors (Lipinski definition) is 2. The Balaban J connectivity index is 1.53. The Morgan fingerprint density at radius 3 is 2.31 bits per heavy atom. The van der Waals surface area contributed by atoms with Gasteiger partial charge in [0.2, 0.25) is 0 Å². The molecule has 0 unspecified atom stereocenters. The van der Waals surface area contributed by atoms with E-state index < -0.39 is 8.07 Å². The first-order valence-electron chi connectivity index (χ1n) is 11.0. The van der Waals surface area contributed by atoms with Crippen molar-refractivity contribution in [2.45, 2.75) is 20.0 Å². The Labute approximate surface area is 193 Å². The highest BCUT2D eigenvalue weighted by atomic mass is 32.1. The number of benzene rings is 3. The molecule has 5 aromatic rings. The predicted molar refractivity (Wildman–Crippen MR) is 139 cm³/mol. The molecule has 2 aromatic heterocycles. The van der Waals surface area contributed by atoms with Crippen LogP contribution in [0.2, 0.25) is 13.1 Å². The van der Waals surface area contributed by atoms with Crippen LogP contribution in [0.3, 0.4) is 0 Å². The van der Waals surface area contributed by atoms with E-state index in [-0.39, 0.29) is 0 Å². The molecule has 0 amide bonds. The van der Waals surface area contributed by atoms with E-state index in [0.29, 0.717) is 0 Å². The highest BCUT2D eigenvalue weighted by Crippen LogP contribution is 2.35. The van der Waals surface area contributed by atoms with Gasteiger partial charge in [-0.25, -0.2) is 4.98 Å². The summed E-state index contributed by atoms with van der Waals surface area (Å²) in [5.41, 5.74) is 6.11. The van der Waals surface area contributed by atoms with Gasteiger partial charge in [-0.3, -0.25) is 4.57 Å². The van der Waals surface area contributed by atoms with Gasteiger partial charge in [0.05, 0.1) is 10.6 Å². The van der Waals surface area contributed by atoms with E-state index in [0.717, 1.165) is 17.2 Å². The third-order valence-corrected chi connectivity index (χ3v) is 11.1. The molecule has 1 aliphatic heterocycles. The van der Waals surface area contributed by atoms with E-state index >= 15 is 0 Å². The molecule has 0 radical (unpaired) electrons. The summed E-state index contributed by atoms with van der Waals surface area (Å²) >= 11 is 1.79. The summed E-state index contributed by atoms with van der Waals surface area (Å²) < 4.78 is 2.22. The van der Waals surface area contributed by atoms with Gasteiger partial charge < -0.3 is 0 Å². The molecule has 0 spiro atoms. The first-order chi connectivity index (χ1) is 15.5. The fourth-order valence-corrected chi connectivity index (χ4v) is 8.84. The predicted octanol–water partition coefficient (Wildman–Crippen LogP) is 6.38. The Morgan fingerprint density at radius 2 is 1.53 bits per heavy atom. The molecule has 2 nitrogen and oxygen atoms in total. The summed E-state index contributed by atoms with van der Waals surface area (Å²) in [6.45, 7) is 7.06. The van der Waals surface area contributed by atoms with Crippen LogP contribution in [0.5, 0.6) is 0 Å². The Kier molecular flexibility index (Phi) is 4.35. The summed E-state index contributed by atoms with van der Waals surface area (Å²) in [5.74, 6) is 1.000. The van der Waals surface area contributed by atoms with E-state index in [9.17, 15) is 0 Å². The van der Waals surface area contributed by atoms with Crippen LogP contribution in [-0.4, -0.2) is 17.6 Å². The smallest absolute Gasteiger partial charge is 0.155 e. The van der Waals surface area contributed by atoms with Crippen molar-refractivity contribution in [1.29, 1.82) is 0 Å². The van der Waals surface area contributed by atoms with Crippen molar-refractivity contribution < 1.29 is 0 Å². The van der Waals surface area contributed by atoms with Crippen molar-refractivity contribution in [1.82, 2.24) is 9.55 Å². The van der Waals surface area contributed by atoms with Crippen molar-refractivity contribution in [3.63, 3.8) is 0 Å². The van der Waals surface area contributed by atoms with E-state index in [4.69, 9.17) is 4.98 Å². The molecule has 3 heterocycles. The van der Waals surface area contributed by atoms with Crippen molar-refractivity contribution in [2.24, 2.45) is 0 Å². The topological polar surface area (TPSA) is 17.8 Å². The van der Waals surface area contributed by atoms with E-state index in [2.05, 4.69) is 116 Å². The second-order valence-electron chi connectivity index (χ2n) is 9.00. The number of rotatable bonds is 3. The summed E-state index contributed by atoms with van der Waals surface area (Å²) in [4.78, 5) is 7.63. The maximum atomic E-state index is 5.14. The summed E-state index contributed by atoms with van der Waals surface area (Å²) in [7, 11) is -1.64. The Morgan fingerprint density at radius 1 is 0.781 bits per heavy atom. The van der Waals surface area contributed by atoms with Crippen LogP contribution in [0.1, 0.15) is 4.88 Å². The number of para-hydroxylation sites is 1. The molecule has 32 heavy (non-hydrogen) atoms. The number of thiophene rings is 1. The largest absolute Gasteiger partial charge is 0.298 e. The number of imidazole rings is 1. The third kappa shape index (κ3) is 2.94. The first-order valence-corrected chi connectivity index (χ1v) is 14.8. The average Bonchev–Trinajstić information content (AvgIpc) is 3.50. The molecule has 6 rings (SSSR count). The SMILES string of the molecule is Cc1ccc(-c2nc(-c3ccc4c(c3)-c3ccccc3[Si]4(C)C)cn2-c2ccccc2)s1. The highest BCUT2D eigenvalue weighted by Gasteiger charge is 2.37. The van der Waals surface area contributed by atoms with Crippen molar-refractivity contribution in [3.05, 3.63) is 96.0 Å². The molecular weight excluding hydrogens is 424 g/mol. The van der Waals surface area contributed by atoms with E-state index in [1.807, 2.05) is 0 Å². The monoisotopic (exact) mass is 448 g/mol. The van der Waals surface area contributed by atoms with Gasteiger partial charge in [-0.2, -0.15) is 0 Å². The zero-order valence-electron chi connectivity index (χ0n) is 18.5. The fraction of sp³-hybridized carbons (Fsp3) is 0.107. The second kappa shape index (κ2) is 7.16. The van der Waals surface area contributed by atoms with Crippen LogP contribution >= 0.6 is 11.3 Å². The van der Waals surface area contributed by atoms with Crippen LogP contribution in [0.4, 0.5) is 0 Å². The lowest BCUT2D eigenvalue weighted by atomic mass is 10.0. The summed E-state index contributed by atoms with van der Waals surface area (Å²) in [6.07, 6.45) is 2.19. The quantitative estimate of drug-likeness (QED) is 0.293. The van der Waals surface area contributed by atoms with Gasteiger partial charge in [0.25, 0.3) is 0 Å². The number of aromatic nitrogens is 2. The number of fused-ring (bicyclic) bond motifs is 3. The van der Waals surface area contributed by atoms with Crippen LogP contribution in [0, 0.1) is 6.92 Å². The van der Waals surface area contributed by atoms with Gasteiger partial charge in [-0.15, -0.1) is 11.3 Å². The number of aryl methyl sites for hydroxylation is 1. The first kappa shape index (κ1) is 19.5. The normalized spacial score (nSPS) is 13.7. The van der Waals surface area contributed by atoms with Crippen LogP contribution in [0.25, 0.3) is 38.8 Å². The molecule has 1 aliphatic rings. The zero-order chi connectivity index (χ0) is 21.9. The lowest BCUT2D eigenvalue weighted by molar-refractivity contribution is 1.07. The number of hydrogen-bond donors (Lipinski definition) is 0. The van der Waals surface area contributed by atoms with Gasteiger partial charge in [0.15, 0.2) is 5.82 Å². The van der Waals surface area contributed by atoms with Gasteiger partial charge in [-0.1, -0.05) is 67.7 Å². The van der Waals surface area contributed by atoms with Gasteiger partial charge >= 0.3 is 0 Å². The standard InChI is InChI=1S/C28H24N2SSi/c1-19-13-15-25(31-19)28-29-24(18-30(28)21-9-5-4-6-10-21)20-14-16-27-23(17-20)22-11-7-8-12-26(22)32(27,2)3/h4-18H,1-3H3. The molecule has 0 aliphatic carbocycles. The van der Waals surface area contributed by atoms with Crippen molar-refractivity contribution >= 4 is 29.8 Å². The minimum Gasteiger partial charge on any atom is -0.298 e.